The van der Waals surface area contributed by atoms with Crippen molar-refractivity contribution in [2.75, 3.05) is 38.6 Å². The Balaban J connectivity index is 1.09. The van der Waals surface area contributed by atoms with Crippen LogP contribution in [0.2, 0.25) is 0 Å². The van der Waals surface area contributed by atoms with Crippen molar-refractivity contribution < 1.29 is 23.5 Å². The van der Waals surface area contributed by atoms with Gasteiger partial charge in [-0.25, -0.2) is 9.37 Å². The first-order chi connectivity index (χ1) is 21.8. The number of methoxy groups -OCH3 is 1. The van der Waals surface area contributed by atoms with Crippen molar-refractivity contribution in [2.45, 2.75) is 13.5 Å². The molecule has 9 nitrogen and oxygen atoms in total. The molecule has 3 aromatic carbocycles. The van der Waals surface area contributed by atoms with E-state index in [-0.39, 0.29) is 11.8 Å². The van der Waals surface area contributed by atoms with Crippen LogP contribution in [0.4, 0.5) is 10.1 Å². The van der Waals surface area contributed by atoms with Gasteiger partial charge in [0, 0.05) is 62.3 Å². The molecule has 1 N–H and O–H groups in total. The number of anilines is 1. The zero-order valence-corrected chi connectivity index (χ0v) is 25.4. The highest BCUT2D eigenvalue weighted by Gasteiger charge is 2.25. The summed E-state index contributed by atoms with van der Waals surface area (Å²) in [5.74, 6) is 1.04. The highest BCUT2D eigenvalue weighted by molar-refractivity contribution is 6.04. The third-order valence-corrected chi connectivity index (χ3v) is 8.10. The number of carbonyl (C=O) groups excluding carboxylic acids is 2. The minimum absolute atomic E-state index is 0.0100. The third kappa shape index (κ3) is 6.66. The largest absolute Gasteiger partial charge is 0.497 e. The molecule has 0 bridgehead atoms. The van der Waals surface area contributed by atoms with Gasteiger partial charge < -0.3 is 24.3 Å². The molecule has 0 atom stereocenters. The summed E-state index contributed by atoms with van der Waals surface area (Å²) in [7, 11) is 3.57. The molecule has 3 heterocycles. The van der Waals surface area contributed by atoms with Crippen LogP contribution >= 0.6 is 0 Å². The summed E-state index contributed by atoms with van der Waals surface area (Å²) < 4.78 is 26.4. The lowest BCUT2D eigenvalue weighted by Gasteiger charge is -2.34. The lowest BCUT2D eigenvalue weighted by molar-refractivity contribution is 0.0619. The van der Waals surface area contributed by atoms with Crippen molar-refractivity contribution in [3.05, 3.63) is 113 Å². The predicted molar refractivity (Wildman–Crippen MR) is 170 cm³/mol. The van der Waals surface area contributed by atoms with E-state index in [1.54, 1.807) is 26.2 Å². The Hall–Kier alpha value is -5.22. The zero-order valence-electron chi connectivity index (χ0n) is 25.4. The number of hydrogen-bond acceptors (Lipinski definition) is 6. The van der Waals surface area contributed by atoms with Crippen LogP contribution in [0.1, 0.15) is 32.1 Å². The molecule has 0 saturated carbocycles. The number of halogens is 1. The van der Waals surface area contributed by atoms with Crippen molar-refractivity contribution in [2.24, 2.45) is 7.05 Å². The van der Waals surface area contributed by atoms with Gasteiger partial charge in [0.2, 0.25) is 5.88 Å². The summed E-state index contributed by atoms with van der Waals surface area (Å²) in [5.41, 5.74) is 4.21. The summed E-state index contributed by atoms with van der Waals surface area (Å²) in [6, 6.07) is 24.4. The molecule has 1 saturated heterocycles. The predicted octanol–water partition coefficient (Wildman–Crippen LogP) is 6.03. The van der Waals surface area contributed by atoms with Crippen LogP contribution in [0.5, 0.6) is 17.4 Å². The Labute approximate surface area is 260 Å². The third-order valence-electron chi connectivity index (χ3n) is 8.10. The maximum atomic E-state index is 13.5. The van der Waals surface area contributed by atoms with Crippen LogP contribution in [-0.2, 0) is 13.6 Å². The number of carbonyl (C=O) groups is 2. The van der Waals surface area contributed by atoms with Crippen molar-refractivity contribution in [3.63, 3.8) is 0 Å². The molecule has 0 unspecified atom stereocenters. The van der Waals surface area contributed by atoms with Crippen LogP contribution in [0.3, 0.4) is 0 Å². The van der Waals surface area contributed by atoms with Gasteiger partial charge in [-0.1, -0.05) is 12.1 Å². The number of pyridine rings is 1. The Morgan fingerprint density at radius 1 is 0.889 bits per heavy atom. The topological polar surface area (TPSA) is 88.9 Å². The molecule has 45 heavy (non-hydrogen) atoms. The van der Waals surface area contributed by atoms with Crippen molar-refractivity contribution in [1.29, 1.82) is 0 Å². The molecule has 10 heteroatoms. The number of amides is 2. The highest BCUT2D eigenvalue weighted by Crippen LogP contribution is 2.29. The molecule has 230 valence electrons. The number of ether oxygens (including phenoxy) is 2. The van der Waals surface area contributed by atoms with E-state index in [1.807, 2.05) is 52.9 Å². The van der Waals surface area contributed by atoms with Crippen LogP contribution in [0, 0.1) is 12.7 Å². The Kier molecular flexibility index (Phi) is 8.48. The number of aromatic nitrogens is 2. The first-order valence-electron chi connectivity index (χ1n) is 14.7. The van der Waals surface area contributed by atoms with Crippen LogP contribution in [0.25, 0.3) is 10.9 Å². The van der Waals surface area contributed by atoms with E-state index in [9.17, 15) is 14.0 Å². The highest BCUT2D eigenvalue weighted by atomic mass is 19.1. The van der Waals surface area contributed by atoms with E-state index in [2.05, 4.69) is 27.3 Å². The first-order valence-corrected chi connectivity index (χ1v) is 14.7. The van der Waals surface area contributed by atoms with Gasteiger partial charge in [-0.15, -0.1) is 0 Å². The molecule has 1 fully saturated rings. The molecule has 1 aliphatic heterocycles. The van der Waals surface area contributed by atoms with Gasteiger partial charge in [-0.3, -0.25) is 14.5 Å². The number of nitrogens with one attached hydrogen (secondary N) is 1. The molecular formula is C35H34FN5O4. The average Bonchev–Trinajstić information content (AvgIpc) is 3.38. The number of nitrogens with zero attached hydrogens (tertiary/aromatic N) is 4. The smallest absolute Gasteiger partial charge is 0.270 e. The van der Waals surface area contributed by atoms with Gasteiger partial charge in [-0.05, 0) is 79.2 Å². The minimum Gasteiger partial charge on any atom is -0.497 e. The van der Waals surface area contributed by atoms with Gasteiger partial charge in [-0.2, -0.15) is 0 Å². The summed E-state index contributed by atoms with van der Waals surface area (Å²) in [4.78, 5) is 34.8. The summed E-state index contributed by atoms with van der Waals surface area (Å²) in [6.07, 6.45) is 0. The van der Waals surface area contributed by atoms with Gasteiger partial charge >= 0.3 is 0 Å². The SMILES string of the molecule is COc1ccc(CN2CCN(C(=O)c3cc4cc(Oc5ccc(NC(=O)c6ccc(F)cc6)c(C)n5)ccc4n3C)CC2)cc1. The van der Waals surface area contributed by atoms with Gasteiger partial charge in [0.05, 0.1) is 18.5 Å². The minimum atomic E-state index is -0.405. The van der Waals surface area contributed by atoms with Crippen molar-refractivity contribution in [1.82, 2.24) is 19.4 Å². The average molecular weight is 608 g/mol. The summed E-state index contributed by atoms with van der Waals surface area (Å²) in [5, 5.41) is 3.69. The van der Waals surface area contributed by atoms with Gasteiger partial charge in [0.1, 0.15) is 23.0 Å². The number of fused-ring (bicyclic) bond motifs is 1. The van der Waals surface area contributed by atoms with E-state index in [0.29, 0.717) is 47.4 Å². The van der Waals surface area contributed by atoms with E-state index in [0.717, 1.165) is 36.3 Å². The van der Waals surface area contributed by atoms with Crippen LogP contribution < -0.4 is 14.8 Å². The standard InChI is InChI=1S/C35H34FN5O4/c1-23-30(38-34(42)25-6-8-27(36)9-7-25)13-15-33(37-23)45-29-12-14-31-26(20-29)21-32(39(31)2)35(43)41-18-16-40(17-19-41)22-24-4-10-28(44-3)11-5-24/h4-15,20-21H,16-19,22H2,1-3H3,(H,38,42). The fourth-order valence-corrected chi connectivity index (χ4v) is 5.50. The normalized spacial score (nSPS) is 13.6. The van der Waals surface area contributed by atoms with E-state index >= 15 is 0 Å². The first kappa shape index (κ1) is 29.8. The molecule has 1 aliphatic rings. The van der Waals surface area contributed by atoms with Crippen LogP contribution in [0.15, 0.2) is 84.9 Å². The number of aryl methyl sites for hydroxylation is 2. The Morgan fingerprint density at radius 2 is 1.60 bits per heavy atom. The number of hydrogen-bond donors (Lipinski definition) is 1. The van der Waals surface area contributed by atoms with Crippen molar-refractivity contribution in [3.8, 4) is 17.4 Å². The maximum absolute atomic E-state index is 13.5. The number of benzene rings is 3. The molecule has 2 aromatic heterocycles. The second kappa shape index (κ2) is 12.8. The van der Waals surface area contributed by atoms with Gasteiger partial charge in [0.25, 0.3) is 11.8 Å². The lowest BCUT2D eigenvalue weighted by Crippen LogP contribution is -2.48. The quantitative estimate of drug-likeness (QED) is 0.232. The fourth-order valence-electron chi connectivity index (χ4n) is 5.50. The lowest BCUT2D eigenvalue weighted by atomic mass is 10.2. The fraction of sp³-hybridized carbons (Fsp3) is 0.229. The van der Waals surface area contributed by atoms with E-state index < -0.39 is 5.82 Å². The monoisotopic (exact) mass is 607 g/mol. The zero-order chi connectivity index (χ0) is 31.5. The second-order valence-electron chi connectivity index (χ2n) is 11.1. The molecular weight excluding hydrogens is 573 g/mol. The molecule has 0 aliphatic carbocycles. The second-order valence-corrected chi connectivity index (χ2v) is 11.1. The van der Waals surface area contributed by atoms with Crippen LogP contribution in [-0.4, -0.2) is 64.5 Å². The number of rotatable bonds is 8. The number of piperazine rings is 1. The van der Waals surface area contributed by atoms with E-state index in [4.69, 9.17) is 9.47 Å². The van der Waals surface area contributed by atoms with E-state index in [1.165, 1.54) is 29.8 Å². The molecule has 0 spiro atoms. The molecule has 5 aromatic rings. The molecule has 0 radical (unpaired) electrons. The van der Waals surface area contributed by atoms with Crippen molar-refractivity contribution >= 4 is 28.4 Å². The summed E-state index contributed by atoms with van der Waals surface area (Å²) in [6.45, 7) is 5.54. The summed E-state index contributed by atoms with van der Waals surface area (Å²) >= 11 is 0. The Bertz CT molecular complexity index is 1850. The maximum Gasteiger partial charge on any atom is 0.270 e. The Morgan fingerprint density at radius 3 is 2.29 bits per heavy atom. The molecule has 6 rings (SSSR count). The molecule has 2 amide bonds. The van der Waals surface area contributed by atoms with Gasteiger partial charge in [0.15, 0.2) is 0 Å².